The van der Waals surface area contributed by atoms with Crippen LogP contribution in [0.2, 0.25) is 0 Å². The number of carbonyl (C=O) groups excluding carboxylic acids is 1. The molecule has 1 amide bonds. The third-order valence-corrected chi connectivity index (χ3v) is 9.55. The van der Waals surface area contributed by atoms with E-state index in [-0.39, 0.29) is 17.4 Å². The summed E-state index contributed by atoms with van der Waals surface area (Å²) in [5.41, 5.74) is 9.60. The van der Waals surface area contributed by atoms with Crippen molar-refractivity contribution in [1.82, 2.24) is 19.8 Å². The lowest BCUT2D eigenvalue weighted by Gasteiger charge is -2.27. The number of morpholine rings is 1. The van der Waals surface area contributed by atoms with Crippen LogP contribution < -0.4 is 10.5 Å². The number of carboxylic acids is 1. The number of ether oxygens (including phenoxy) is 2. The number of carbonyl (C=O) groups is 2. The molecule has 3 N–H and O–H groups in total. The first-order chi connectivity index (χ1) is 21.3. The van der Waals surface area contributed by atoms with Crippen molar-refractivity contribution < 1.29 is 24.2 Å². The molecule has 4 aromatic rings. The number of thioether (sulfide) groups is 1. The van der Waals surface area contributed by atoms with Gasteiger partial charge in [0.15, 0.2) is 0 Å². The molecule has 2 saturated heterocycles. The van der Waals surface area contributed by atoms with Crippen LogP contribution in [0, 0.1) is 0 Å². The highest BCUT2D eigenvalue weighted by Crippen LogP contribution is 2.35. The number of aromatic nitrogens is 2. The second-order valence-corrected chi connectivity index (χ2v) is 12.9. The van der Waals surface area contributed by atoms with E-state index in [0.717, 1.165) is 45.6 Å². The number of benzene rings is 2. The van der Waals surface area contributed by atoms with Gasteiger partial charge >= 0.3 is 5.97 Å². The molecule has 226 valence electrons. The van der Waals surface area contributed by atoms with Crippen LogP contribution in [0.25, 0.3) is 28.1 Å². The van der Waals surface area contributed by atoms with E-state index in [9.17, 15) is 14.7 Å². The van der Waals surface area contributed by atoms with Crippen LogP contribution in [-0.2, 0) is 16.1 Å². The van der Waals surface area contributed by atoms with E-state index in [4.69, 9.17) is 27.4 Å². The van der Waals surface area contributed by atoms with Gasteiger partial charge in [-0.25, -0.2) is 14.8 Å². The van der Waals surface area contributed by atoms with Gasteiger partial charge in [-0.3, -0.25) is 14.6 Å². The maximum absolute atomic E-state index is 13.2. The highest BCUT2D eigenvalue weighted by atomic mass is 32.2. The SMILES string of the molecule is Nc1ncc2ccc(-c3csc(/C=C4\SC(=S)N(CCCOc5ccc(C(=O)O)cc5CN5CCOCC5)C4=O)c3)cc2n1. The zero-order valence-corrected chi connectivity index (χ0v) is 26.1. The number of nitrogens with two attached hydrogens (primary N) is 1. The smallest absolute Gasteiger partial charge is 0.335 e. The van der Waals surface area contributed by atoms with Gasteiger partial charge in [0.1, 0.15) is 10.1 Å². The number of thiocarbonyl (C=S) groups is 1. The van der Waals surface area contributed by atoms with Crippen LogP contribution in [0.3, 0.4) is 0 Å². The number of carboxylic acid groups (broad SMARTS) is 1. The van der Waals surface area contributed by atoms with Crippen LogP contribution in [0.1, 0.15) is 27.2 Å². The monoisotopic (exact) mass is 647 g/mol. The Kier molecular flexibility index (Phi) is 9.19. The number of rotatable bonds is 10. The van der Waals surface area contributed by atoms with Crippen LogP contribution in [0.15, 0.2) is 58.9 Å². The lowest BCUT2D eigenvalue weighted by atomic mass is 10.1. The summed E-state index contributed by atoms with van der Waals surface area (Å²) in [5.74, 6) is -0.221. The molecule has 0 atom stereocenters. The van der Waals surface area contributed by atoms with Crippen LogP contribution in [-0.4, -0.2) is 80.5 Å². The van der Waals surface area contributed by atoms with E-state index in [1.807, 2.05) is 35.7 Å². The molecule has 0 bridgehead atoms. The fourth-order valence-electron chi connectivity index (χ4n) is 5.00. The molecule has 2 fully saturated rings. The molecule has 0 radical (unpaired) electrons. The second kappa shape index (κ2) is 13.4. The Morgan fingerprint density at radius 3 is 2.82 bits per heavy atom. The summed E-state index contributed by atoms with van der Waals surface area (Å²) in [7, 11) is 0. The molecule has 2 aromatic heterocycles. The van der Waals surface area contributed by atoms with E-state index in [0.29, 0.717) is 54.3 Å². The summed E-state index contributed by atoms with van der Waals surface area (Å²) >= 11 is 8.39. The largest absolute Gasteiger partial charge is 0.493 e. The van der Waals surface area contributed by atoms with Gasteiger partial charge in [-0.05, 0) is 59.3 Å². The van der Waals surface area contributed by atoms with Crippen LogP contribution in [0.4, 0.5) is 5.95 Å². The predicted octanol–water partition coefficient (Wildman–Crippen LogP) is 5.14. The number of hydrogen-bond donors (Lipinski definition) is 2. The quantitative estimate of drug-likeness (QED) is 0.135. The number of nitrogens with zero attached hydrogens (tertiary/aromatic N) is 4. The van der Waals surface area contributed by atoms with Gasteiger partial charge in [-0.2, -0.15) is 0 Å². The van der Waals surface area contributed by atoms with Gasteiger partial charge in [0.2, 0.25) is 5.95 Å². The summed E-state index contributed by atoms with van der Waals surface area (Å²) in [5, 5.41) is 12.4. The van der Waals surface area contributed by atoms with Crippen molar-refractivity contribution in [2.24, 2.45) is 0 Å². The Morgan fingerprint density at radius 1 is 1.16 bits per heavy atom. The molecule has 2 aliphatic heterocycles. The number of thiophene rings is 1. The Bertz CT molecular complexity index is 1770. The number of fused-ring (bicyclic) bond motifs is 1. The minimum Gasteiger partial charge on any atom is -0.493 e. The van der Waals surface area contributed by atoms with E-state index in [2.05, 4.69) is 14.9 Å². The fraction of sp³-hybridized carbons (Fsp3) is 0.258. The third-order valence-electron chi connectivity index (χ3n) is 7.29. The van der Waals surface area contributed by atoms with Gasteiger partial charge in [0.25, 0.3) is 5.91 Å². The molecular weight excluding hydrogens is 619 g/mol. The highest BCUT2D eigenvalue weighted by molar-refractivity contribution is 8.26. The first-order valence-corrected chi connectivity index (χ1v) is 16.1. The first kappa shape index (κ1) is 30.2. The normalized spacial score (nSPS) is 16.7. The number of anilines is 1. The van der Waals surface area contributed by atoms with Gasteiger partial charge in [0, 0.05) is 48.2 Å². The molecule has 2 aliphatic rings. The topological polar surface area (TPSA) is 131 Å². The van der Waals surface area contributed by atoms with Crippen molar-refractivity contribution in [3.8, 4) is 16.9 Å². The van der Waals surface area contributed by atoms with E-state index in [1.54, 1.807) is 40.6 Å². The van der Waals surface area contributed by atoms with E-state index >= 15 is 0 Å². The van der Waals surface area contributed by atoms with Crippen molar-refractivity contribution in [3.05, 3.63) is 75.0 Å². The lowest BCUT2D eigenvalue weighted by molar-refractivity contribution is -0.122. The van der Waals surface area contributed by atoms with Crippen LogP contribution >= 0.6 is 35.3 Å². The molecule has 4 heterocycles. The maximum Gasteiger partial charge on any atom is 0.335 e. The third kappa shape index (κ3) is 6.92. The Balaban J connectivity index is 1.07. The van der Waals surface area contributed by atoms with Crippen LogP contribution in [0.5, 0.6) is 5.75 Å². The zero-order chi connectivity index (χ0) is 30.6. The maximum atomic E-state index is 13.2. The minimum absolute atomic E-state index is 0.119. The first-order valence-electron chi connectivity index (χ1n) is 14.0. The average Bonchev–Trinajstić information content (AvgIpc) is 3.59. The summed E-state index contributed by atoms with van der Waals surface area (Å²) in [4.78, 5) is 38.5. The second-order valence-electron chi connectivity index (χ2n) is 10.3. The zero-order valence-electron chi connectivity index (χ0n) is 23.6. The summed E-state index contributed by atoms with van der Waals surface area (Å²) in [6.45, 7) is 4.21. The van der Waals surface area contributed by atoms with Gasteiger partial charge < -0.3 is 20.3 Å². The van der Waals surface area contributed by atoms with Crippen molar-refractivity contribution in [1.29, 1.82) is 0 Å². The van der Waals surface area contributed by atoms with Gasteiger partial charge in [-0.15, -0.1) is 11.3 Å². The molecular formula is C31H29N5O5S3. The van der Waals surface area contributed by atoms with E-state index in [1.165, 1.54) is 11.8 Å². The molecule has 0 aliphatic carbocycles. The lowest BCUT2D eigenvalue weighted by Crippen LogP contribution is -2.35. The fourth-order valence-corrected chi connectivity index (χ4v) is 7.22. The van der Waals surface area contributed by atoms with Gasteiger partial charge in [-0.1, -0.05) is 36.1 Å². The minimum atomic E-state index is -0.977. The van der Waals surface area contributed by atoms with Crippen molar-refractivity contribution in [2.45, 2.75) is 13.0 Å². The average molecular weight is 648 g/mol. The van der Waals surface area contributed by atoms with Crippen molar-refractivity contribution in [2.75, 3.05) is 45.2 Å². The van der Waals surface area contributed by atoms with Crippen molar-refractivity contribution in [3.63, 3.8) is 0 Å². The van der Waals surface area contributed by atoms with Crippen molar-refractivity contribution >= 4 is 74.4 Å². The highest BCUT2D eigenvalue weighted by Gasteiger charge is 2.31. The molecule has 0 unspecified atom stereocenters. The molecule has 13 heteroatoms. The number of hydrogen-bond acceptors (Lipinski definition) is 11. The molecule has 10 nitrogen and oxygen atoms in total. The van der Waals surface area contributed by atoms with Gasteiger partial charge in [0.05, 0.1) is 35.8 Å². The standard InChI is InChI=1S/C31H29N5O5S3/c32-30-33-16-21-3-2-19(14-25(21)34-30)23-13-24(43-18-23)15-27-28(37)36(31(42)44-27)6-1-9-41-26-5-4-20(29(38)39)12-22(26)17-35-7-10-40-11-8-35/h2-5,12-16,18H,1,6-11,17H2,(H,38,39)(H2,32,33,34)/b27-15-. The molecule has 2 aromatic carbocycles. The molecule has 6 rings (SSSR count). The number of nitrogen functional groups attached to an aromatic ring is 1. The molecule has 0 spiro atoms. The Labute approximate surface area is 267 Å². The Morgan fingerprint density at radius 2 is 2.00 bits per heavy atom. The van der Waals surface area contributed by atoms with E-state index < -0.39 is 5.97 Å². The summed E-state index contributed by atoms with van der Waals surface area (Å²) in [6.07, 6.45) is 4.15. The number of amides is 1. The summed E-state index contributed by atoms with van der Waals surface area (Å²) < 4.78 is 12.0. The number of aromatic carboxylic acids is 1. The molecule has 44 heavy (non-hydrogen) atoms. The molecule has 0 saturated carbocycles. The summed E-state index contributed by atoms with van der Waals surface area (Å²) in [6, 6.07) is 12.9. The Hall–Kier alpha value is -3.88. The predicted molar refractivity (Wildman–Crippen MR) is 177 cm³/mol.